The van der Waals surface area contributed by atoms with Gasteiger partial charge in [-0.25, -0.2) is 0 Å². The first-order valence-corrected chi connectivity index (χ1v) is 21.8. The molecule has 0 aromatic heterocycles. The first-order valence-electron chi connectivity index (χ1n) is 18.4. The Balaban J connectivity index is 0.000000176. The smallest absolute Gasteiger partial charge is 0.366 e. The zero-order chi connectivity index (χ0) is 37.7. The minimum Gasteiger partial charge on any atom is -0.366 e. The Morgan fingerprint density at radius 3 is 1.14 bits per heavy atom. The Morgan fingerprint density at radius 2 is 0.684 bits per heavy atom. The molecule has 4 heteroatoms. The van der Waals surface area contributed by atoms with Crippen LogP contribution in [0.3, 0.4) is 0 Å². The molecule has 0 atom stereocenters. The topological polar surface area (TPSA) is 0 Å². The van der Waals surface area contributed by atoms with Crippen molar-refractivity contribution in [2.45, 2.75) is 0 Å². The van der Waals surface area contributed by atoms with Gasteiger partial charge in [-0.2, -0.15) is 0 Å². The fraction of sp³-hybridized carbons (Fsp3) is 0.0189. The van der Waals surface area contributed by atoms with Crippen LogP contribution in [-0.4, -0.2) is 5.90 Å². The van der Waals surface area contributed by atoms with Crippen molar-refractivity contribution in [2.24, 2.45) is 0 Å². The predicted molar refractivity (Wildman–Crippen MR) is 244 cm³/mol. The van der Waals surface area contributed by atoms with E-state index >= 15 is 0 Å². The Morgan fingerprint density at radius 1 is 0.333 bits per heavy atom. The molecule has 0 saturated heterocycles. The summed E-state index contributed by atoms with van der Waals surface area (Å²) in [6.07, 6.45) is 14.4. The van der Waals surface area contributed by atoms with Crippen molar-refractivity contribution in [1.29, 1.82) is 0 Å². The second-order valence-electron chi connectivity index (χ2n) is 13.1. The second kappa shape index (κ2) is 22.2. The van der Waals surface area contributed by atoms with E-state index in [-0.39, 0.29) is 44.8 Å². The van der Waals surface area contributed by atoms with Crippen LogP contribution in [0.25, 0.3) is 32.3 Å². The van der Waals surface area contributed by atoms with Gasteiger partial charge in [0, 0.05) is 0 Å². The molecule has 57 heavy (non-hydrogen) atoms. The van der Waals surface area contributed by atoms with E-state index < -0.39 is 15.8 Å². The second-order valence-corrected chi connectivity index (χ2v) is 18.7. The van der Waals surface area contributed by atoms with Crippen LogP contribution in [-0.2, 0) is 44.8 Å². The van der Waals surface area contributed by atoms with Crippen molar-refractivity contribution in [2.75, 3.05) is 5.90 Å². The third-order valence-corrected chi connectivity index (χ3v) is 16.6. The van der Waals surface area contributed by atoms with E-state index in [4.69, 9.17) is 12.8 Å². The fourth-order valence-electron chi connectivity index (χ4n) is 6.97. The van der Waals surface area contributed by atoms with Gasteiger partial charge in [-0.15, -0.1) is 23.3 Å². The van der Waals surface area contributed by atoms with Crippen molar-refractivity contribution in [1.82, 2.24) is 0 Å². The average molecular weight is 1040 g/mol. The van der Waals surface area contributed by atoms with E-state index in [1.165, 1.54) is 37.9 Å². The Kier molecular flexibility index (Phi) is 16.9. The molecular weight excluding hydrogens is 1000 g/mol. The molecule has 0 aliphatic rings. The predicted octanol–water partition coefficient (Wildman–Crippen LogP) is 11.4. The van der Waals surface area contributed by atoms with Crippen LogP contribution in [0.4, 0.5) is 0 Å². The van der Waals surface area contributed by atoms with Gasteiger partial charge in [0.15, 0.2) is 5.90 Å². The van der Waals surface area contributed by atoms with Crippen LogP contribution >= 0.6 is 15.8 Å². The first-order chi connectivity index (χ1) is 27.2. The SMILES string of the molecule is [Ag+].[Au+].[C-]#Cc1cc2ccccc2c2ccccc12.[C-]#Cc1cccc2ccccc12.c1ccc([PH+](C[PH+](c2ccccc2)c2ccccc2)c2ccccc2)cc1. The summed E-state index contributed by atoms with van der Waals surface area (Å²) in [7, 11) is -1.69. The summed E-state index contributed by atoms with van der Waals surface area (Å²) >= 11 is 0. The third kappa shape index (κ3) is 11.0. The monoisotopic (exact) mass is 1040 g/mol. The number of fused-ring (bicyclic) bond motifs is 4. The zero-order valence-corrected chi connectivity index (χ0v) is 36.7. The van der Waals surface area contributed by atoms with Gasteiger partial charge in [0.25, 0.3) is 0 Å². The molecule has 0 aliphatic heterocycles. The maximum Gasteiger partial charge on any atom is 1.00 e. The minimum absolute atomic E-state index is 0. The van der Waals surface area contributed by atoms with Crippen molar-refractivity contribution in [3.8, 4) is 11.8 Å². The molecule has 0 amide bonds. The molecule has 282 valence electrons. The van der Waals surface area contributed by atoms with E-state index in [1.54, 1.807) is 0 Å². The molecule has 0 aliphatic carbocycles. The van der Waals surface area contributed by atoms with Crippen LogP contribution in [0.5, 0.6) is 0 Å². The van der Waals surface area contributed by atoms with Gasteiger partial charge in [-0.1, -0.05) is 168 Å². The summed E-state index contributed by atoms with van der Waals surface area (Å²) in [5.74, 6) is 6.18. The normalized spacial score (nSPS) is 10.2. The first kappa shape index (κ1) is 43.3. The summed E-state index contributed by atoms with van der Waals surface area (Å²) < 4.78 is 0. The quantitative estimate of drug-likeness (QED) is 0.0512. The van der Waals surface area contributed by atoms with Crippen molar-refractivity contribution in [3.63, 3.8) is 0 Å². The van der Waals surface area contributed by atoms with Crippen molar-refractivity contribution >= 4 is 69.4 Å². The van der Waals surface area contributed by atoms with Gasteiger partial charge >= 0.3 is 44.8 Å². The van der Waals surface area contributed by atoms with Gasteiger partial charge in [0.05, 0.1) is 0 Å². The summed E-state index contributed by atoms with van der Waals surface area (Å²) in [5, 5.41) is 12.9. The van der Waals surface area contributed by atoms with Crippen molar-refractivity contribution < 1.29 is 44.8 Å². The molecule has 0 nitrogen and oxygen atoms in total. The van der Waals surface area contributed by atoms with Gasteiger partial charge in [-0.3, -0.25) is 11.8 Å². The molecular formula is C53H40AgAuP2+2. The number of rotatable bonds is 6. The summed E-state index contributed by atoms with van der Waals surface area (Å²) in [4.78, 5) is 0. The Bertz CT molecular complexity index is 2540. The van der Waals surface area contributed by atoms with Crippen LogP contribution < -0.4 is 21.2 Å². The summed E-state index contributed by atoms with van der Waals surface area (Å²) in [6, 6.07) is 76.8. The molecule has 0 bridgehead atoms. The molecule has 0 radical (unpaired) electrons. The van der Waals surface area contributed by atoms with E-state index in [0.29, 0.717) is 0 Å². The van der Waals surface area contributed by atoms with Gasteiger partial charge < -0.3 is 12.8 Å². The molecule has 0 unspecified atom stereocenters. The maximum absolute atomic E-state index is 7.35. The molecule has 9 aromatic rings. The third-order valence-electron chi connectivity index (χ3n) is 9.67. The molecule has 9 aromatic carbocycles. The standard InChI is InChI=1S/C25H22P2.C16H9.C12H7.Ag.Au/c1-5-13-22(14-6-1)26(23-15-7-2-8-16-23)21-27(24-17-9-3-10-18-24)25-19-11-4-12-20-25;1-2-12-11-13-7-3-4-9-15(13)16-10-6-5-8-14(12)16;1-2-10-7-5-8-11-6-3-4-9-12(10)11;;/h1-20H,21H2;3-11H;3-9H;;/q;2*-1;2*+1/p+2. The zero-order valence-electron chi connectivity index (χ0n) is 31.1. The fourth-order valence-corrected chi connectivity index (χ4v) is 14.7. The number of benzene rings is 9. The largest absolute Gasteiger partial charge is 1.00 e. The Hall–Kier alpha value is -4.78. The average Bonchev–Trinajstić information content (AvgIpc) is 3.28. The molecule has 0 spiro atoms. The molecule has 0 fully saturated rings. The molecule has 0 heterocycles. The van der Waals surface area contributed by atoms with Crippen LogP contribution in [0.15, 0.2) is 218 Å². The van der Waals surface area contributed by atoms with E-state index in [2.05, 4.69) is 151 Å². The van der Waals surface area contributed by atoms with E-state index in [9.17, 15) is 0 Å². The van der Waals surface area contributed by atoms with Gasteiger partial charge in [-0.05, 0) is 70.1 Å². The molecule has 9 rings (SSSR count). The Labute approximate surface area is 371 Å². The maximum atomic E-state index is 7.35. The van der Waals surface area contributed by atoms with Crippen LogP contribution in [0.2, 0.25) is 0 Å². The summed E-state index contributed by atoms with van der Waals surface area (Å²) in [5.41, 5.74) is 1.71. The van der Waals surface area contributed by atoms with Crippen molar-refractivity contribution in [3.05, 3.63) is 242 Å². The van der Waals surface area contributed by atoms with Gasteiger partial charge in [0.1, 0.15) is 37.1 Å². The number of hydrogen-bond donors (Lipinski definition) is 0. The van der Waals surface area contributed by atoms with Gasteiger partial charge in [0.2, 0.25) is 0 Å². The van der Waals surface area contributed by atoms with E-state index in [0.717, 1.165) is 32.7 Å². The molecule has 0 saturated carbocycles. The minimum atomic E-state index is -0.847. The van der Waals surface area contributed by atoms with Crippen LogP contribution in [0, 0.1) is 24.7 Å². The molecule has 0 N–H and O–H groups in total. The van der Waals surface area contributed by atoms with E-state index in [1.807, 2.05) is 78.9 Å². The summed E-state index contributed by atoms with van der Waals surface area (Å²) in [6.45, 7) is 0. The van der Waals surface area contributed by atoms with Crippen LogP contribution in [0.1, 0.15) is 11.1 Å². The number of hydrogen-bond acceptors (Lipinski definition) is 0.